The van der Waals surface area contributed by atoms with Crippen molar-refractivity contribution in [1.29, 1.82) is 0 Å². The molecule has 111 valence electrons. The van der Waals surface area contributed by atoms with Crippen molar-refractivity contribution in [2.75, 3.05) is 17.2 Å². The average Bonchev–Trinajstić information content (AvgIpc) is 3.38. The van der Waals surface area contributed by atoms with E-state index in [1.807, 2.05) is 0 Å². The molecular weight excluding hydrogens is 272 g/mol. The van der Waals surface area contributed by atoms with Crippen LogP contribution in [0, 0.1) is 6.42 Å². The number of benzene rings is 1. The van der Waals surface area contributed by atoms with Crippen LogP contribution in [0.5, 0.6) is 0 Å². The number of allylic oxidation sites excluding steroid dienone is 2. The normalized spacial score (nSPS) is 17.4. The van der Waals surface area contributed by atoms with Crippen LogP contribution in [0.1, 0.15) is 19.3 Å². The lowest BCUT2D eigenvalue weighted by molar-refractivity contribution is 1.10. The van der Waals surface area contributed by atoms with E-state index in [4.69, 9.17) is 0 Å². The van der Waals surface area contributed by atoms with Crippen molar-refractivity contribution in [3.05, 3.63) is 54.7 Å². The van der Waals surface area contributed by atoms with E-state index in [0.717, 1.165) is 35.4 Å². The Balaban J connectivity index is 1.52. The van der Waals surface area contributed by atoms with Gasteiger partial charge in [-0.3, -0.25) is 0 Å². The van der Waals surface area contributed by atoms with Gasteiger partial charge in [0.05, 0.1) is 5.52 Å². The fourth-order valence-corrected chi connectivity index (χ4v) is 2.60. The summed E-state index contributed by atoms with van der Waals surface area (Å²) in [7, 11) is 0. The summed E-state index contributed by atoms with van der Waals surface area (Å²) in [4.78, 5) is 8.77. The summed E-state index contributed by atoms with van der Waals surface area (Å²) in [5, 5.41) is 8.01. The Bertz CT molecular complexity index is 744. The van der Waals surface area contributed by atoms with Crippen LogP contribution in [0.2, 0.25) is 0 Å². The van der Waals surface area contributed by atoms with Crippen molar-refractivity contribution in [2.45, 2.75) is 25.3 Å². The number of fused-ring (bicyclic) bond motifs is 1. The largest absolute Gasteiger partial charge is 0.381 e. The van der Waals surface area contributed by atoms with E-state index in [1.165, 1.54) is 18.4 Å². The lowest BCUT2D eigenvalue weighted by Gasteiger charge is -2.11. The minimum atomic E-state index is 0.595. The van der Waals surface area contributed by atoms with Crippen molar-refractivity contribution >= 4 is 22.4 Å². The Morgan fingerprint density at radius 3 is 2.95 bits per heavy atom. The fraction of sp³-hybridized carbons (Fsp3) is 0.278. The Hall–Kier alpha value is -2.36. The van der Waals surface area contributed by atoms with Gasteiger partial charge in [0.15, 0.2) is 0 Å². The van der Waals surface area contributed by atoms with Crippen LogP contribution in [-0.2, 0) is 0 Å². The number of nitrogens with zero attached hydrogens (tertiary/aromatic N) is 2. The third-order valence-corrected chi connectivity index (χ3v) is 3.99. The lowest BCUT2D eigenvalue weighted by Crippen LogP contribution is -2.06. The van der Waals surface area contributed by atoms with Gasteiger partial charge in [-0.2, -0.15) is 0 Å². The Kier molecular flexibility index (Phi) is 3.51. The number of aromatic nitrogens is 2. The van der Waals surface area contributed by atoms with Gasteiger partial charge in [-0.15, -0.1) is 0 Å². The van der Waals surface area contributed by atoms with Crippen molar-refractivity contribution in [1.82, 2.24) is 9.97 Å². The van der Waals surface area contributed by atoms with Crippen LogP contribution >= 0.6 is 0 Å². The highest BCUT2D eigenvalue weighted by molar-refractivity contribution is 5.91. The Labute approximate surface area is 130 Å². The van der Waals surface area contributed by atoms with Crippen molar-refractivity contribution in [3.8, 4) is 0 Å². The molecule has 22 heavy (non-hydrogen) atoms. The molecule has 1 fully saturated rings. The molecule has 2 aliphatic carbocycles. The third kappa shape index (κ3) is 2.96. The molecule has 1 aromatic heterocycles. The van der Waals surface area contributed by atoms with E-state index >= 15 is 0 Å². The molecule has 1 aromatic carbocycles. The topological polar surface area (TPSA) is 49.8 Å². The van der Waals surface area contributed by atoms with Crippen molar-refractivity contribution in [2.24, 2.45) is 0 Å². The van der Waals surface area contributed by atoms with Gasteiger partial charge in [0.2, 0.25) is 0 Å². The third-order valence-electron chi connectivity index (χ3n) is 3.99. The molecule has 4 rings (SSSR count). The molecular formula is C18H19N4. The molecule has 0 unspecified atom stereocenters. The average molecular weight is 291 g/mol. The zero-order valence-corrected chi connectivity index (χ0v) is 12.4. The second-order valence-corrected chi connectivity index (χ2v) is 5.84. The van der Waals surface area contributed by atoms with Crippen LogP contribution in [0.4, 0.5) is 11.5 Å². The molecule has 0 aliphatic heterocycles. The highest BCUT2D eigenvalue weighted by Gasteiger charge is 2.22. The maximum atomic E-state index is 4.40. The van der Waals surface area contributed by atoms with E-state index in [-0.39, 0.29) is 0 Å². The molecule has 0 saturated heterocycles. The molecule has 2 aliphatic rings. The molecule has 1 saturated carbocycles. The fourth-order valence-electron chi connectivity index (χ4n) is 2.60. The first kappa shape index (κ1) is 13.3. The SMILES string of the molecule is [CH]1C=C(CNc2ccc3c(NC4CC4)ncnc3c2)C=CC1. The van der Waals surface area contributed by atoms with E-state index in [9.17, 15) is 0 Å². The number of hydrogen-bond acceptors (Lipinski definition) is 4. The standard InChI is InChI=1S/C18H19N4/c1-2-4-13(5-3-1)11-19-15-8-9-16-17(10-15)20-12-21-18(16)22-14-6-7-14/h2-5,8-10,12,14,19H,1,6-7,11H2,(H,20,21,22). The van der Waals surface area contributed by atoms with Gasteiger partial charge < -0.3 is 10.6 Å². The molecule has 0 bridgehead atoms. The quantitative estimate of drug-likeness (QED) is 0.881. The summed E-state index contributed by atoms with van der Waals surface area (Å²) in [6, 6.07) is 6.88. The molecule has 0 atom stereocenters. The maximum Gasteiger partial charge on any atom is 0.137 e. The molecule has 4 heteroatoms. The first-order chi connectivity index (χ1) is 10.9. The minimum Gasteiger partial charge on any atom is -0.381 e. The van der Waals surface area contributed by atoms with Gasteiger partial charge in [-0.05, 0) is 49.5 Å². The van der Waals surface area contributed by atoms with Gasteiger partial charge in [-0.1, -0.05) is 18.2 Å². The zero-order chi connectivity index (χ0) is 14.8. The summed E-state index contributed by atoms with van der Waals surface area (Å²) < 4.78 is 0. The van der Waals surface area contributed by atoms with Gasteiger partial charge in [0, 0.05) is 23.7 Å². The summed E-state index contributed by atoms with van der Waals surface area (Å²) >= 11 is 0. The molecule has 0 amide bonds. The van der Waals surface area contributed by atoms with Gasteiger partial charge in [0.1, 0.15) is 12.1 Å². The first-order valence-electron chi connectivity index (χ1n) is 7.82. The summed E-state index contributed by atoms with van der Waals surface area (Å²) in [6.07, 6.45) is 13.9. The van der Waals surface area contributed by atoms with E-state index in [1.54, 1.807) is 6.33 Å². The second-order valence-electron chi connectivity index (χ2n) is 5.84. The minimum absolute atomic E-state index is 0.595. The highest BCUT2D eigenvalue weighted by Crippen LogP contribution is 2.28. The van der Waals surface area contributed by atoms with E-state index in [0.29, 0.717) is 6.04 Å². The monoisotopic (exact) mass is 291 g/mol. The maximum absolute atomic E-state index is 4.40. The molecule has 2 aromatic rings. The van der Waals surface area contributed by atoms with Crippen LogP contribution < -0.4 is 10.6 Å². The van der Waals surface area contributed by atoms with Crippen LogP contribution in [-0.4, -0.2) is 22.6 Å². The molecule has 1 radical (unpaired) electrons. The predicted molar refractivity (Wildman–Crippen MR) is 90.8 cm³/mol. The first-order valence-corrected chi connectivity index (χ1v) is 7.82. The van der Waals surface area contributed by atoms with Crippen LogP contribution in [0.25, 0.3) is 10.9 Å². The molecule has 0 spiro atoms. The van der Waals surface area contributed by atoms with Gasteiger partial charge >= 0.3 is 0 Å². The number of hydrogen-bond donors (Lipinski definition) is 2. The van der Waals surface area contributed by atoms with Crippen LogP contribution in [0.3, 0.4) is 0 Å². The molecule has 4 nitrogen and oxygen atoms in total. The summed E-state index contributed by atoms with van der Waals surface area (Å²) in [5.41, 5.74) is 3.36. The summed E-state index contributed by atoms with van der Waals surface area (Å²) in [6.45, 7) is 0.830. The highest BCUT2D eigenvalue weighted by atomic mass is 15.1. The molecule has 2 N–H and O–H groups in total. The van der Waals surface area contributed by atoms with E-state index in [2.05, 4.69) is 63.4 Å². The Morgan fingerprint density at radius 1 is 1.18 bits per heavy atom. The van der Waals surface area contributed by atoms with Gasteiger partial charge in [-0.25, -0.2) is 9.97 Å². The second kappa shape index (κ2) is 5.79. The smallest absolute Gasteiger partial charge is 0.137 e. The van der Waals surface area contributed by atoms with Crippen molar-refractivity contribution < 1.29 is 0 Å². The zero-order valence-electron chi connectivity index (χ0n) is 12.4. The lowest BCUT2D eigenvalue weighted by atomic mass is 10.1. The summed E-state index contributed by atoms with van der Waals surface area (Å²) in [5.74, 6) is 0.951. The van der Waals surface area contributed by atoms with E-state index < -0.39 is 0 Å². The number of anilines is 2. The predicted octanol–water partition coefficient (Wildman–Crippen LogP) is 3.71. The number of rotatable bonds is 5. The number of nitrogens with one attached hydrogen (secondary N) is 2. The van der Waals surface area contributed by atoms with Gasteiger partial charge in [0.25, 0.3) is 0 Å². The van der Waals surface area contributed by atoms with Crippen molar-refractivity contribution in [3.63, 3.8) is 0 Å². The van der Waals surface area contributed by atoms with Crippen LogP contribution in [0.15, 0.2) is 48.3 Å². The molecule has 1 heterocycles. The Morgan fingerprint density at radius 2 is 2.14 bits per heavy atom.